The van der Waals surface area contributed by atoms with E-state index in [1.54, 1.807) is 18.2 Å². The molecule has 1 heterocycles. The molecule has 0 fully saturated rings. The third-order valence-electron chi connectivity index (χ3n) is 2.93. The zero-order valence-corrected chi connectivity index (χ0v) is 12.2. The van der Waals surface area contributed by atoms with Crippen LogP contribution in [0.4, 0.5) is 5.69 Å². The summed E-state index contributed by atoms with van der Waals surface area (Å²) in [5, 5.41) is 3.18. The Morgan fingerprint density at radius 1 is 1.05 bits per heavy atom. The summed E-state index contributed by atoms with van der Waals surface area (Å²) in [7, 11) is -3.48. The average Bonchev–Trinajstić information content (AvgIpc) is 2.38. The molecule has 1 aliphatic heterocycles. The van der Waals surface area contributed by atoms with Crippen LogP contribution in [0.5, 0.6) is 0 Å². The summed E-state index contributed by atoms with van der Waals surface area (Å²) in [6.07, 6.45) is -0.461. The Morgan fingerprint density at radius 3 is 2.63 bits per heavy atom. The Hall–Kier alpha value is -1.37. The van der Waals surface area contributed by atoms with Crippen LogP contribution in [0.25, 0.3) is 0 Å². The third kappa shape index (κ3) is 2.39. The fourth-order valence-electron chi connectivity index (χ4n) is 2.06. The zero-order chi connectivity index (χ0) is 13.5. The molecule has 2 aromatic carbocycles. The van der Waals surface area contributed by atoms with Crippen molar-refractivity contribution >= 4 is 31.6 Å². The lowest BCUT2D eigenvalue weighted by Crippen LogP contribution is -2.38. The van der Waals surface area contributed by atoms with Gasteiger partial charge in [-0.25, -0.2) is 8.42 Å². The molecule has 1 atom stereocenters. The Morgan fingerprint density at radius 2 is 1.84 bits per heavy atom. The van der Waals surface area contributed by atoms with Gasteiger partial charge in [-0.3, -0.25) is 0 Å². The number of anilines is 1. The van der Waals surface area contributed by atoms with E-state index in [9.17, 15) is 8.42 Å². The van der Waals surface area contributed by atoms with Gasteiger partial charge in [-0.05, 0) is 29.8 Å². The molecule has 0 saturated carbocycles. The van der Waals surface area contributed by atoms with E-state index in [1.807, 2.05) is 30.3 Å². The first kappa shape index (κ1) is 12.7. The molecule has 4 nitrogen and oxygen atoms in total. The Kier molecular flexibility index (Phi) is 3.08. The number of rotatable bonds is 1. The molecule has 2 aromatic rings. The second kappa shape index (κ2) is 4.63. The van der Waals surface area contributed by atoms with Crippen LogP contribution in [0.2, 0.25) is 0 Å². The minimum atomic E-state index is -3.48. The van der Waals surface area contributed by atoms with E-state index >= 15 is 0 Å². The minimum absolute atomic E-state index is 0.279. The highest BCUT2D eigenvalue weighted by Crippen LogP contribution is 2.31. The van der Waals surface area contributed by atoms with Crippen LogP contribution in [-0.2, 0) is 10.0 Å². The SMILES string of the molecule is O=S1(=O)N[C@H](c2cccc(Br)c2)Nc2ccccc21. The van der Waals surface area contributed by atoms with Gasteiger partial charge in [-0.2, -0.15) is 4.72 Å². The van der Waals surface area contributed by atoms with Crippen LogP contribution in [0.1, 0.15) is 11.7 Å². The lowest BCUT2D eigenvalue weighted by atomic mass is 10.1. The summed E-state index contributed by atoms with van der Waals surface area (Å²) < 4.78 is 27.9. The quantitative estimate of drug-likeness (QED) is 0.840. The lowest BCUT2D eigenvalue weighted by Gasteiger charge is -2.28. The summed E-state index contributed by atoms with van der Waals surface area (Å²) in [4.78, 5) is 0.279. The first-order chi connectivity index (χ1) is 9.06. The van der Waals surface area contributed by atoms with Gasteiger partial charge in [0.2, 0.25) is 10.0 Å². The highest BCUT2D eigenvalue weighted by molar-refractivity contribution is 9.10. The normalized spacial score (nSPS) is 20.4. The molecular formula is C13H11BrN2O2S. The number of para-hydroxylation sites is 1. The van der Waals surface area contributed by atoms with Gasteiger partial charge in [0.25, 0.3) is 0 Å². The predicted molar refractivity (Wildman–Crippen MR) is 77.3 cm³/mol. The summed E-state index contributed by atoms with van der Waals surface area (Å²) >= 11 is 3.38. The summed E-state index contributed by atoms with van der Waals surface area (Å²) in [6.45, 7) is 0. The molecule has 19 heavy (non-hydrogen) atoms. The van der Waals surface area contributed by atoms with Gasteiger partial charge >= 0.3 is 0 Å². The molecule has 0 amide bonds. The number of benzene rings is 2. The largest absolute Gasteiger partial charge is 0.364 e. The first-order valence-corrected chi connectivity index (χ1v) is 7.97. The number of hydrogen-bond acceptors (Lipinski definition) is 3. The molecular weight excluding hydrogens is 328 g/mol. The molecule has 0 aliphatic carbocycles. The smallest absolute Gasteiger partial charge is 0.244 e. The Balaban J connectivity index is 2.06. The van der Waals surface area contributed by atoms with E-state index in [2.05, 4.69) is 26.0 Å². The number of sulfonamides is 1. The molecule has 98 valence electrons. The van der Waals surface area contributed by atoms with Crippen LogP contribution < -0.4 is 10.0 Å². The van der Waals surface area contributed by atoms with E-state index < -0.39 is 16.2 Å². The molecule has 6 heteroatoms. The van der Waals surface area contributed by atoms with Crippen LogP contribution in [0, 0.1) is 0 Å². The molecule has 0 aromatic heterocycles. The van der Waals surface area contributed by atoms with E-state index in [4.69, 9.17) is 0 Å². The monoisotopic (exact) mass is 338 g/mol. The van der Waals surface area contributed by atoms with Crippen molar-refractivity contribution in [2.75, 3.05) is 5.32 Å². The van der Waals surface area contributed by atoms with E-state index in [0.717, 1.165) is 10.0 Å². The second-order valence-corrected chi connectivity index (χ2v) is 6.85. The molecule has 0 radical (unpaired) electrons. The maximum absolute atomic E-state index is 12.2. The lowest BCUT2D eigenvalue weighted by molar-refractivity contribution is 0.562. The van der Waals surface area contributed by atoms with Gasteiger partial charge in [0.05, 0.1) is 5.69 Å². The van der Waals surface area contributed by atoms with Gasteiger partial charge in [-0.1, -0.05) is 40.2 Å². The van der Waals surface area contributed by atoms with Crippen molar-refractivity contribution in [1.82, 2.24) is 4.72 Å². The van der Waals surface area contributed by atoms with E-state index in [1.165, 1.54) is 0 Å². The topological polar surface area (TPSA) is 58.2 Å². The first-order valence-electron chi connectivity index (χ1n) is 5.70. The molecule has 0 unspecified atom stereocenters. The molecule has 1 aliphatic rings. The molecule has 3 rings (SSSR count). The molecule has 0 bridgehead atoms. The number of nitrogens with one attached hydrogen (secondary N) is 2. The van der Waals surface area contributed by atoms with Crippen LogP contribution in [-0.4, -0.2) is 8.42 Å². The standard InChI is InChI=1S/C13H11BrN2O2S/c14-10-5-3-4-9(8-10)13-15-11-6-1-2-7-12(11)19(17,18)16-13/h1-8,13,15-16H/t13-/m1/s1. The van der Waals surface area contributed by atoms with Gasteiger partial charge in [0, 0.05) is 4.47 Å². The van der Waals surface area contributed by atoms with Crippen molar-refractivity contribution in [3.05, 3.63) is 58.6 Å². The van der Waals surface area contributed by atoms with Crippen molar-refractivity contribution in [2.24, 2.45) is 0 Å². The summed E-state index contributed by atoms with van der Waals surface area (Å²) in [6, 6.07) is 14.4. The van der Waals surface area contributed by atoms with Crippen molar-refractivity contribution in [3.8, 4) is 0 Å². The fraction of sp³-hybridized carbons (Fsp3) is 0.0769. The van der Waals surface area contributed by atoms with Crippen molar-refractivity contribution in [1.29, 1.82) is 0 Å². The number of hydrogen-bond donors (Lipinski definition) is 2. The predicted octanol–water partition coefficient (Wildman–Crippen LogP) is 2.85. The average molecular weight is 339 g/mol. The van der Waals surface area contributed by atoms with Crippen LogP contribution in [0.3, 0.4) is 0 Å². The van der Waals surface area contributed by atoms with Crippen LogP contribution >= 0.6 is 15.9 Å². The molecule has 0 spiro atoms. The maximum atomic E-state index is 12.2. The van der Waals surface area contributed by atoms with Crippen molar-refractivity contribution in [3.63, 3.8) is 0 Å². The maximum Gasteiger partial charge on any atom is 0.244 e. The van der Waals surface area contributed by atoms with Crippen molar-refractivity contribution < 1.29 is 8.42 Å². The second-order valence-electron chi connectivity index (χ2n) is 4.25. The Labute approximate surface area is 120 Å². The molecule has 2 N–H and O–H groups in total. The third-order valence-corrected chi connectivity index (χ3v) is 4.91. The van der Waals surface area contributed by atoms with E-state index in [-0.39, 0.29) is 4.90 Å². The Bertz CT molecular complexity index is 731. The van der Waals surface area contributed by atoms with E-state index in [0.29, 0.717) is 5.69 Å². The summed E-state index contributed by atoms with van der Waals surface area (Å²) in [5.41, 5.74) is 1.47. The molecule has 0 saturated heterocycles. The summed E-state index contributed by atoms with van der Waals surface area (Å²) in [5.74, 6) is 0. The van der Waals surface area contributed by atoms with Gasteiger partial charge in [-0.15, -0.1) is 0 Å². The van der Waals surface area contributed by atoms with Crippen LogP contribution in [0.15, 0.2) is 57.9 Å². The highest BCUT2D eigenvalue weighted by Gasteiger charge is 2.29. The number of fused-ring (bicyclic) bond motifs is 1. The zero-order valence-electron chi connectivity index (χ0n) is 9.80. The number of halogens is 1. The highest BCUT2D eigenvalue weighted by atomic mass is 79.9. The fourth-order valence-corrected chi connectivity index (χ4v) is 3.78. The van der Waals surface area contributed by atoms with Gasteiger partial charge < -0.3 is 5.32 Å². The minimum Gasteiger partial charge on any atom is -0.364 e. The van der Waals surface area contributed by atoms with Gasteiger partial charge in [0.1, 0.15) is 11.1 Å². The van der Waals surface area contributed by atoms with Crippen molar-refractivity contribution in [2.45, 2.75) is 11.1 Å². The van der Waals surface area contributed by atoms with Gasteiger partial charge in [0.15, 0.2) is 0 Å².